The lowest BCUT2D eigenvalue weighted by Gasteiger charge is -2.27. The summed E-state index contributed by atoms with van der Waals surface area (Å²) in [5.41, 5.74) is 3.29. The first-order valence-electron chi connectivity index (χ1n) is 7.18. The van der Waals surface area contributed by atoms with Crippen LogP contribution in [0.5, 0.6) is 0 Å². The van der Waals surface area contributed by atoms with Crippen molar-refractivity contribution >= 4 is 0 Å². The fraction of sp³-hybridized carbons (Fsp3) is 0.238. The summed E-state index contributed by atoms with van der Waals surface area (Å²) in [4.78, 5) is 0. The van der Waals surface area contributed by atoms with Crippen LogP contribution in [-0.4, -0.2) is 0 Å². The summed E-state index contributed by atoms with van der Waals surface area (Å²) >= 11 is 0. The van der Waals surface area contributed by atoms with E-state index >= 15 is 0 Å². The number of benzene rings is 2. The minimum absolute atomic E-state index is 0.363. The monoisotopic (exact) mass is 272 g/mol. The van der Waals surface area contributed by atoms with Crippen LogP contribution in [0.1, 0.15) is 30.0 Å². The first-order chi connectivity index (χ1) is 10.2. The molecule has 1 atom stereocenters. The van der Waals surface area contributed by atoms with E-state index in [4.69, 9.17) is 6.42 Å². The largest absolute Gasteiger partial charge is 0.119 e. The van der Waals surface area contributed by atoms with E-state index in [9.17, 15) is 0 Å². The van der Waals surface area contributed by atoms with Crippen LogP contribution < -0.4 is 0 Å². The van der Waals surface area contributed by atoms with Crippen LogP contribution in [0.15, 0.2) is 54.6 Å². The fourth-order valence-electron chi connectivity index (χ4n) is 2.51. The Kier molecular flexibility index (Phi) is 4.86. The summed E-state index contributed by atoms with van der Waals surface area (Å²) in [6, 6.07) is 18.9. The van der Waals surface area contributed by atoms with Crippen molar-refractivity contribution in [2.24, 2.45) is 0 Å². The topological polar surface area (TPSA) is 0 Å². The van der Waals surface area contributed by atoms with Gasteiger partial charge in [-0.05, 0) is 31.4 Å². The van der Waals surface area contributed by atoms with Gasteiger partial charge < -0.3 is 0 Å². The average molecular weight is 272 g/mol. The molecule has 0 heterocycles. The van der Waals surface area contributed by atoms with Crippen molar-refractivity contribution in [1.82, 2.24) is 0 Å². The predicted molar refractivity (Wildman–Crippen MR) is 89.9 cm³/mol. The van der Waals surface area contributed by atoms with Crippen LogP contribution in [-0.2, 0) is 11.8 Å². The quantitative estimate of drug-likeness (QED) is 0.718. The molecule has 0 amide bonds. The van der Waals surface area contributed by atoms with E-state index in [2.05, 4.69) is 73.2 Å². The zero-order chi connectivity index (χ0) is 15.1. The van der Waals surface area contributed by atoms with Gasteiger partial charge in [-0.2, -0.15) is 0 Å². The average Bonchev–Trinajstić information content (AvgIpc) is 2.53. The van der Waals surface area contributed by atoms with Crippen molar-refractivity contribution < 1.29 is 0 Å². The van der Waals surface area contributed by atoms with E-state index in [0.29, 0.717) is 6.42 Å². The van der Waals surface area contributed by atoms with Crippen LogP contribution in [0.25, 0.3) is 0 Å². The number of aryl methyl sites for hydroxylation is 1. The SMILES string of the molecule is C#CC(CC#CC)(Cc1ccccc1)c1ccc(C)cc1. The summed E-state index contributed by atoms with van der Waals surface area (Å²) in [5, 5.41) is 0. The standard InChI is InChI=1S/C21H20/c1-4-6-16-21(5-2,17-19-10-8-7-9-11-19)20-14-12-18(3)13-15-20/h2,7-15H,16-17H2,1,3H3. The van der Waals surface area contributed by atoms with Crippen molar-refractivity contribution in [1.29, 1.82) is 0 Å². The Labute approximate surface area is 128 Å². The smallest absolute Gasteiger partial charge is 0.0709 e. The molecule has 0 radical (unpaired) electrons. The highest BCUT2D eigenvalue weighted by molar-refractivity contribution is 5.40. The Morgan fingerprint density at radius 2 is 1.67 bits per heavy atom. The highest BCUT2D eigenvalue weighted by Gasteiger charge is 2.29. The molecule has 21 heavy (non-hydrogen) atoms. The maximum absolute atomic E-state index is 5.95. The number of hydrogen-bond donors (Lipinski definition) is 0. The molecule has 0 aliphatic rings. The Bertz CT molecular complexity index is 675. The van der Waals surface area contributed by atoms with E-state index in [1.54, 1.807) is 0 Å². The van der Waals surface area contributed by atoms with Gasteiger partial charge >= 0.3 is 0 Å². The molecule has 0 spiro atoms. The summed E-state index contributed by atoms with van der Waals surface area (Å²) < 4.78 is 0. The molecule has 0 nitrogen and oxygen atoms in total. The van der Waals surface area contributed by atoms with Crippen LogP contribution in [0, 0.1) is 31.1 Å². The Balaban J connectivity index is 2.44. The zero-order valence-electron chi connectivity index (χ0n) is 12.7. The Hall–Kier alpha value is -2.44. The van der Waals surface area contributed by atoms with Crippen molar-refractivity contribution in [3.8, 4) is 24.2 Å². The maximum atomic E-state index is 5.95. The lowest BCUT2D eigenvalue weighted by atomic mass is 9.74. The molecular formula is C21H20. The van der Waals surface area contributed by atoms with Crippen molar-refractivity contribution in [3.63, 3.8) is 0 Å². The van der Waals surface area contributed by atoms with E-state index in [-0.39, 0.29) is 5.41 Å². The molecule has 2 aromatic rings. The summed E-state index contributed by atoms with van der Waals surface area (Å²) in [7, 11) is 0. The van der Waals surface area contributed by atoms with Crippen LogP contribution in [0.4, 0.5) is 0 Å². The number of rotatable bonds is 4. The van der Waals surface area contributed by atoms with E-state index in [0.717, 1.165) is 6.42 Å². The van der Waals surface area contributed by atoms with Gasteiger partial charge in [-0.25, -0.2) is 0 Å². The van der Waals surface area contributed by atoms with Gasteiger partial charge in [-0.1, -0.05) is 66.1 Å². The van der Waals surface area contributed by atoms with E-state index < -0.39 is 0 Å². The second kappa shape index (κ2) is 6.83. The van der Waals surface area contributed by atoms with Gasteiger partial charge in [0.1, 0.15) is 0 Å². The first-order valence-corrected chi connectivity index (χ1v) is 7.18. The second-order valence-electron chi connectivity index (χ2n) is 5.36. The molecule has 0 aliphatic heterocycles. The van der Waals surface area contributed by atoms with Crippen LogP contribution in [0.2, 0.25) is 0 Å². The van der Waals surface area contributed by atoms with Gasteiger partial charge in [0.15, 0.2) is 0 Å². The third kappa shape index (κ3) is 3.56. The third-order valence-electron chi connectivity index (χ3n) is 3.80. The molecule has 0 heteroatoms. The van der Waals surface area contributed by atoms with Crippen molar-refractivity contribution in [2.45, 2.75) is 32.1 Å². The lowest BCUT2D eigenvalue weighted by molar-refractivity contribution is 0.569. The minimum atomic E-state index is -0.363. The van der Waals surface area contributed by atoms with Crippen molar-refractivity contribution in [2.75, 3.05) is 0 Å². The molecule has 0 aliphatic carbocycles. The predicted octanol–water partition coefficient (Wildman–Crippen LogP) is 4.52. The van der Waals surface area contributed by atoms with Crippen molar-refractivity contribution in [3.05, 3.63) is 71.3 Å². The molecule has 0 N–H and O–H groups in total. The molecule has 2 aromatic carbocycles. The van der Waals surface area contributed by atoms with Gasteiger partial charge in [0.2, 0.25) is 0 Å². The minimum Gasteiger partial charge on any atom is -0.119 e. The van der Waals surface area contributed by atoms with Gasteiger partial charge in [-0.15, -0.1) is 18.3 Å². The molecule has 0 saturated heterocycles. The molecule has 0 bridgehead atoms. The highest BCUT2D eigenvalue weighted by Crippen LogP contribution is 2.31. The normalized spacial score (nSPS) is 12.6. The van der Waals surface area contributed by atoms with Gasteiger partial charge in [0.25, 0.3) is 0 Å². The van der Waals surface area contributed by atoms with E-state index in [1.165, 1.54) is 16.7 Å². The maximum Gasteiger partial charge on any atom is 0.0709 e. The second-order valence-corrected chi connectivity index (χ2v) is 5.36. The molecule has 0 aromatic heterocycles. The molecule has 0 saturated carbocycles. The molecule has 0 fully saturated rings. The molecule has 1 unspecified atom stereocenters. The fourth-order valence-corrected chi connectivity index (χ4v) is 2.51. The summed E-state index contributed by atoms with van der Waals surface area (Å²) in [5.74, 6) is 9.19. The number of hydrogen-bond acceptors (Lipinski definition) is 0. The van der Waals surface area contributed by atoms with Gasteiger partial charge in [0.05, 0.1) is 5.41 Å². The van der Waals surface area contributed by atoms with Crippen LogP contribution in [0.3, 0.4) is 0 Å². The number of terminal acetylenes is 1. The molecule has 104 valence electrons. The Morgan fingerprint density at radius 1 is 1.00 bits per heavy atom. The summed E-state index contributed by atoms with van der Waals surface area (Å²) in [6.07, 6.45) is 7.43. The van der Waals surface area contributed by atoms with Gasteiger partial charge in [0, 0.05) is 6.42 Å². The Morgan fingerprint density at radius 3 is 2.24 bits per heavy atom. The molecule has 2 rings (SSSR count). The molecular weight excluding hydrogens is 252 g/mol. The first kappa shape index (κ1) is 15.0. The third-order valence-corrected chi connectivity index (χ3v) is 3.80. The van der Waals surface area contributed by atoms with Gasteiger partial charge in [-0.3, -0.25) is 0 Å². The lowest BCUT2D eigenvalue weighted by Crippen LogP contribution is -2.26. The van der Waals surface area contributed by atoms with E-state index in [1.807, 2.05) is 13.0 Å². The van der Waals surface area contributed by atoms with Crippen LogP contribution >= 0.6 is 0 Å². The highest BCUT2D eigenvalue weighted by atomic mass is 14.3. The zero-order valence-corrected chi connectivity index (χ0v) is 12.7. The summed E-state index contributed by atoms with van der Waals surface area (Å²) in [6.45, 7) is 3.95.